The minimum absolute atomic E-state index is 0.0776. The predicted octanol–water partition coefficient (Wildman–Crippen LogP) is 0.0988. The zero-order chi connectivity index (χ0) is 25.2. The van der Waals surface area contributed by atoms with Gasteiger partial charge in [0.2, 0.25) is 11.2 Å². The highest BCUT2D eigenvalue weighted by molar-refractivity contribution is 5.88. The summed E-state index contributed by atoms with van der Waals surface area (Å²) in [6, 6.07) is 5.52. The van der Waals surface area contributed by atoms with Crippen LogP contribution >= 0.6 is 0 Å². The van der Waals surface area contributed by atoms with Crippen LogP contribution in [0.15, 0.2) is 39.5 Å². The highest BCUT2D eigenvalue weighted by Gasteiger charge is 2.30. The Balaban J connectivity index is 2.10. The smallest absolute Gasteiger partial charge is 0.239 e. The van der Waals surface area contributed by atoms with Gasteiger partial charge in [-0.15, -0.1) is 0 Å². The molecule has 0 bridgehead atoms. The molecule has 0 fully saturated rings. The lowest BCUT2D eigenvalue weighted by molar-refractivity contribution is -0.177. The summed E-state index contributed by atoms with van der Waals surface area (Å²) in [5.41, 5.74) is -1.01. The second-order valence-electron chi connectivity index (χ2n) is 7.41. The number of hydrogen-bond acceptors (Lipinski definition) is 12. The number of aliphatic hydroxyl groups excluding tert-OH is 4. The molecule has 1 heterocycles. The van der Waals surface area contributed by atoms with Crippen LogP contribution in [0.1, 0.15) is 6.92 Å². The third-order valence-electron chi connectivity index (χ3n) is 4.95. The van der Waals surface area contributed by atoms with Crippen molar-refractivity contribution in [2.24, 2.45) is 0 Å². The molecule has 0 saturated heterocycles. The largest absolute Gasteiger partial charge is 0.508 e. The minimum atomic E-state index is -1.69. The van der Waals surface area contributed by atoms with Gasteiger partial charge in [0.05, 0.1) is 13.2 Å². The Bertz CT molecular complexity index is 1220. The fraction of sp³-hybridized carbons (Fsp3) is 0.318. The molecular formula is C22H24O12. The first-order chi connectivity index (χ1) is 16.1. The van der Waals surface area contributed by atoms with Crippen molar-refractivity contribution in [3.8, 4) is 40.1 Å². The van der Waals surface area contributed by atoms with E-state index in [0.29, 0.717) is 0 Å². The molecule has 0 spiro atoms. The maximum atomic E-state index is 13.2. The minimum Gasteiger partial charge on any atom is -0.508 e. The Hall–Kier alpha value is -3.55. The Morgan fingerprint density at radius 2 is 1.65 bits per heavy atom. The van der Waals surface area contributed by atoms with Crippen LogP contribution in [0.3, 0.4) is 0 Å². The maximum Gasteiger partial charge on any atom is 0.239 e. The number of benzene rings is 2. The summed E-state index contributed by atoms with van der Waals surface area (Å²) in [7, 11) is 0. The van der Waals surface area contributed by atoms with E-state index in [-0.39, 0.29) is 28.0 Å². The molecule has 0 aliphatic carbocycles. The van der Waals surface area contributed by atoms with Gasteiger partial charge in [-0.2, -0.15) is 0 Å². The van der Waals surface area contributed by atoms with Crippen LogP contribution in [-0.2, 0) is 4.74 Å². The average Bonchev–Trinajstić information content (AvgIpc) is 2.79. The molecule has 0 aliphatic heterocycles. The van der Waals surface area contributed by atoms with Gasteiger partial charge in [-0.25, -0.2) is 0 Å². The first kappa shape index (κ1) is 25.1. The Morgan fingerprint density at radius 1 is 0.941 bits per heavy atom. The number of phenols is 4. The van der Waals surface area contributed by atoms with Gasteiger partial charge in [0.1, 0.15) is 40.8 Å². The van der Waals surface area contributed by atoms with E-state index in [2.05, 4.69) is 0 Å². The topological polar surface area (TPSA) is 211 Å². The molecule has 12 heteroatoms. The number of hydrogen-bond donors (Lipinski definition) is 8. The lowest BCUT2D eigenvalue weighted by Gasteiger charge is -2.27. The van der Waals surface area contributed by atoms with E-state index in [1.54, 1.807) is 0 Å². The summed E-state index contributed by atoms with van der Waals surface area (Å²) in [4.78, 5) is 13.2. The highest BCUT2D eigenvalue weighted by atomic mass is 16.7. The standard InChI is InChI=1S/C22H24O12/c1-9(32-17(8-24)19(30)15(29)7-23)33-22-20(31)18-14(28)5-11(25)6-16(18)34-21(22)10-2-3-12(26)13(27)4-10/h2-6,9,15,17,19,23-30H,7-8H2,1H3. The Labute approximate surface area is 191 Å². The van der Waals surface area contributed by atoms with Crippen LogP contribution in [0.4, 0.5) is 0 Å². The van der Waals surface area contributed by atoms with E-state index in [9.17, 15) is 40.5 Å². The lowest BCUT2D eigenvalue weighted by Crippen LogP contribution is -2.45. The van der Waals surface area contributed by atoms with Gasteiger partial charge in [0.15, 0.2) is 23.5 Å². The van der Waals surface area contributed by atoms with Gasteiger partial charge in [0.25, 0.3) is 0 Å². The maximum absolute atomic E-state index is 13.2. The number of aliphatic hydroxyl groups is 4. The van der Waals surface area contributed by atoms with E-state index in [1.165, 1.54) is 13.0 Å². The van der Waals surface area contributed by atoms with Gasteiger partial charge in [-0.3, -0.25) is 4.79 Å². The summed E-state index contributed by atoms with van der Waals surface area (Å²) in [6.07, 6.45) is -6.05. The molecule has 1 aromatic heterocycles. The monoisotopic (exact) mass is 480 g/mol. The van der Waals surface area contributed by atoms with Crippen molar-refractivity contribution in [1.29, 1.82) is 0 Å². The van der Waals surface area contributed by atoms with E-state index < -0.39 is 66.2 Å². The normalized spacial score (nSPS) is 15.1. The molecule has 184 valence electrons. The molecule has 4 unspecified atom stereocenters. The molecule has 0 amide bonds. The van der Waals surface area contributed by atoms with Crippen molar-refractivity contribution < 1.29 is 54.7 Å². The van der Waals surface area contributed by atoms with Crippen molar-refractivity contribution in [3.63, 3.8) is 0 Å². The van der Waals surface area contributed by atoms with Crippen molar-refractivity contribution in [2.45, 2.75) is 31.5 Å². The number of rotatable bonds is 9. The molecule has 34 heavy (non-hydrogen) atoms. The molecule has 0 radical (unpaired) electrons. The molecule has 12 nitrogen and oxygen atoms in total. The summed E-state index contributed by atoms with van der Waals surface area (Å²) in [6.45, 7) is -0.263. The fourth-order valence-electron chi connectivity index (χ4n) is 3.26. The van der Waals surface area contributed by atoms with Crippen molar-refractivity contribution in [2.75, 3.05) is 13.2 Å². The predicted molar refractivity (Wildman–Crippen MR) is 116 cm³/mol. The summed E-state index contributed by atoms with van der Waals surface area (Å²) < 4.78 is 16.6. The van der Waals surface area contributed by atoms with Crippen molar-refractivity contribution >= 4 is 11.0 Å². The van der Waals surface area contributed by atoms with Crippen molar-refractivity contribution in [1.82, 2.24) is 0 Å². The SMILES string of the molecule is CC(Oc1c(-c2ccc(O)c(O)c2)oc2cc(O)cc(O)c2c1=O)OC(CO)C(O)C(O)CO. The molecule has 3 aromatic rings. The van der Waals surface area contributed by atoms with Gasteiger partial charge in [0, 0.05) is 17.7 Å². The van der Waals surface area contributed by atoms with Crippen LogP contribution < -0.4 is 10.2 Å². The summed E-state index contributed by atoms with van der Waals surface area (Å²) >= 11 is 0. The van der Waals surface area contributed by atoms with E-state index >= 15 is 0 Å². The molecule has 3 rings (SSSR count). The Kier molecular flexibility index (Phi) is 7.49. The summed E-state index contributed by atoms with van der Waals surface area (Å²) in [5.74, 6) is -2.72. The molecule has 4 atom stereocenters. The average molecular weight is 480 g/mol. The first-order valence-electron chi connectivity index (χ1n) is 10.0. The molecule has 0 saturated carbocycles. The van der Waals surface area contributed by atoms with Crippen LogP contribution in [0.25, 0.3) is 22.3 Å². The van der Waals surface area contributed by atoms with Crippen LogP contribution in [0.2, 0.25) is 0 Å². The number of phenolic OH excluding ortho intramolecular Hbond substituents is 4. The van der Waals surface area contributed by atoms with Crippen LogP contribution in [-0.4, -0.2) is 78.7 Å². The number of fused-ring (bicyclic) bond motifs is 1. The molecular weight excluding hydrogens is 456 g/mol. The lowest BCUT2D eigenvalue weighted by atomic mass is 10.1. The van der Waals surface area contributed by atoms with E-state index in [0.717, 1.165) is 24.3 Å². The van der Waals surface area contributed by atoms with E-state index in [4.69, 9.17) is 19.0 Å². The number of ether oxygens (including phenoxy) is 2. The quantitative estimate of drug-likeness (QED) is 0.151. The van der Waals surface area contributed by atoms with Crippen molar-refractivity contribution in [3.05, 3.63) is 40.6 Å². The van der Waals surface area contributed by atoms with Gasteiger partial charge in [-0.05, 0) is 25.1 Å². The third kappa shape index (κ3) is 5.00. The van der Waals surface area contributed by atoms with Gasteiger partial charge < -0.3 is 54.7 Å². The first-order valence-corrected chi connectivity index (χ1v) is 10.0. The summed E-state index contributed by atoms with van der Waals surface area (Å²) in [5, 5.41) is 77.2. The van der Waals surface area contributed by atoms with E-state index in [1.807, 2.05) is 0 Å². The molecule has 8 N–H and O–H groups in total. The molecule has 2 aromatic carbocycles. The zero-order valence-electron chi connectivity index (χ0n) is 17.8. The van der Waals surface area contributed by atoms with Crippen LogP contribution in [0.5, 0.6) is 28.7 Å². The third-order valence-corrected chi connectivity index (χ3v) is 4.95. The number of aromatic hydroxyl groups is 4. The van der Waals surface area contributed by atoms with Gasteiger partial charge in [-0.1, -0.05) is 0 Å². The fourth-order valence-corrected chi connectivity index (χ4v) is 3.26. The Morgan fingerprint density at radius 3 is 2.26 bits per heavy atom. The highest BCUT2D eigenvalue weighted by Crippen LogP contribution is 2.38. The van der Waals surface area contributed by atoms with Gasteiger partial charge >= 0.3 is 0 Å². The zero-order valence-corrected chi connectivity index (χ0v) is 17.8. The second-order valence-corrected chi connectivity index (χ2v) is 7.41. The second kappa shape index (κ2) is 10.2. The van der Waals surface area contributed by atoms with Crippen LogP contribution in [0, 0.1) is 0 Å². The molecule has 0 aliphatic rings.